The summed E-state index contributed by atoms with van der Waals surface area (Å²) in [5, 5.41) is 2.46. The molecule has 0 N–H and O–H groups in total. The van der Waals surface area contributed by atoms with Crippen LogP contribution in [0.25, 0.3) is 10.2 Å². The third kappa shape index (κ3) is 5.12. The van der Waals surface area contributed by atoms with Crippen molar-refractivity contribution in [2.75, 3.05) is 43.9 Å². The third-order valence-electron chi connectivity index (χ3n) is 6.38. The average Bonchev–Trinajstić information content (AvgIpc) is 3.39. The molecular formula is C27H28N4O3S2. The van der Waals surface area contributed by atoms with Gasteiger partial charge in [0.2, 0.25) is 5.91 Å². The minimum atomic E-state index is -0.0593. The number of methoxy groups -OCH3 is 1. The van der Waals surface area contributed by atoms with Gasteiger partial charge in [-0.05, 0) is 36.1 Å². The molecule has 0 unspecified atom stereocenters. The van der Waals surface area contributed by atoms with Crippen molar-refractivity contribution in [1.29, 1.82) is 0 Å². The highest BCUT2D eigenvalue weighted by molar-refractivity contribution is 7.99. The molecule has 4 aromatic rings. The fraction of sp³-hybridized carbons (Fsp3) is 0.296. The second kappa shape index (κ2) is 10.8. The fourth-order valence-corrected chi connectivity index (χ4v) is 6.03. The van der Waals surface area contributed by atoms with Crippen LogP contribution in [0.1, 0.15) is 11.1 Å². The maximum Gasteiger partial charge on any atom is 0.272 e. The summed E-state index contributed by atoms with van der Waals surface area (Å²) < 4.78 is 7.83. The number of piperazine rings is 1. The predicted molar refractivity (Wildman–Crippen MR) is 147 cm³/mol. The molecule has 1 aliphatic rings. The molecule has 1 saturated heterocycles. The summed E-state index contributed by atoms with van der Waals surface area (Å²) in [5.74, 6) is 1.14. The Hall–Kier alpha value is -3.30. The molecule has 1 amide bonds. The Labute approximate surface area is 218 Å². The summed E-state index contributed by atoms with van der Waals surface area (Å²) in [6, 6.07) is 18.0. The summed E-state index contributed by atoms with van der Waals surface area (Å²) in [5.41, 5.74) is 3.88. The quantitative estimate of drug-likeness (QED) is 0.268. The number of hydrogen-bond acceptors (Lipinski definition) is 7. The van der Waals surface area contributed by atoms with E-state index in [0.29, 0.717) is 35.0 Å². The van der Waals surface area contributed by atoms with Gasteiger partial charge in [-0.15, -0.1) is 11.3 Å². The van der Waals surface area contributed by atoms with E-state index in [2.05, 4.69) is 4.90 Å². The second-order valence-electron chi connectivity index (χ2n) is 8.73. The van der Waals surface area contributed by atoms with Gasteiger partial charge in [-0.1, -0.05) is 53.7 Å². The van der Waals surface area contributed by atoms with E-state index < -0.39 is 0 Å². The normalized spacial score (nSPS) is 13.8. The van der Waals surface area contributed by atoms with Crippen molar-refractivity contribution in [2.45, 2.75) is 18.6 Å². The molecule has 9 heteroatoms. The highest BCUT2D eigenvalue weighted by Crippen LogP contribution is 2.28. The molecule has 0 spiro atoms. The van der Waals surface area contributed by atoms with Gasteiger partial charge >= 0.3 is 0 Å². The van der Waals surface area contributed by atoms with Crippen molar-refractivity contribution in [2.24, 2.45) is 0 Å². The molecular weight excluding hydrogens is 492 g/mol. The Morgan fingerprint density at radius 2 is 1.81 bits per heavy atom. The van der Waals surface area contributed by atoms with Crippen LogP contribution >= 0.6 is 23.1 Å². The zero-order chi connectivity index (χ0) is 25.1. The van der Waals surface area contributed by atoms with Crippen LogP contribution in [-0.2, 0) is 11.3 Å². The number of anilines is 1. The topological polar surface area (TPSA) is 67.7 Å². The van der Waals surface area contributed by atoms with Gasteiger partial charge in [0, 0.05) is 26.2 Å². The van der Waals surface area contributed by atoms with Crippen LogP contribution in [0.3, 0.4) is 0 Å². The number of fused-ring (bicyclic) bond motifs is 1. The summed E-state index contributed by atoms with van der Waals surface area (Å²) in [7, 11) is 1.68. The molecule has 5 rings (SSSR count). The van der Waals surface area contributed by atoms with Crippen LogP contribution in [0.4, 0.5) is 5.69 Å². The molecule has 1 fully saturated rings. The SMILES string of the molecule is COc1ccccc1N1CCN(C(=O)CSc2nc3ccsc3c(=O)n2Cc2ccc(C)cc2)CC1. The molecule has 0 bridgehead atoms. The standard InChI is InChI=1S/C27H28N4O3S2/c1-19-7-9-20(10-8-19)17-31-26(33)25-21(11-16-35-25)28-27(31)36-18-24(32)30-14-12-29(13-15-30)22-5-3-4-6-23(22)34-2/h3-11,16H,12-15,17-18H2,1-2H3. The van der Waals surface area contributed by atoms with E-state index in [0.717, 1.165) is 30.1 Å². The lowest BCUT2D eigenvalue weighted by atomic mass is 10.1. The van der Waals surface area contributed by atoms with Gasteiger partial charge in [-0.25, -0.2) is 4.98 Å². The number of aromatic nitrogens is 2. The fourth-order valence-electron chi connectivity index (χ4n) is 4.35. The molecule has 0 saturated carbocycles. The first-order valence-corrected chi connectivity index (χ1v) is 13.7. The summed E-state index contributed by atoms with van der Waals surface area (Å²) in [4.78, 5) is 35.2. The van der Waals surface area contributed by atoms with Crippen LogP contribution in [0.2, 0.25) is 0 Å². The molecule has 0 atom stereocenters. The number of thiophene rings is 1. The van der Waals surface area contributed by atoms with Crippen molar-refractivity contribution < 1.29 is 9.53 Å². The molecule has 0 aliphatic carbocycles. The van der Waals surface area contributed by atoms with E-state index in [4.69, 9.17) is 9.72 Å². The largest absolute Gasteiger partial charge is 0.495 e. The van der Waals surface area contributed by atoms with Crippen LogP contribution in [-0.4, -0.2) is 59.4 Å². The third-order valence-corrected chi connectivity index (χ3v) is 8.23. The Morgan fingerprint density at radius 1 is 1.06 bits per heavy atom. The molecule has 7 nitrogen and oxygen atoms in total. The van der Waals surface area contributed by atoms with Crippen molar-refractivity contribution in [1.82, 2.24) is 14.5 Å². The maximum absolute atomic E-state index is 13.3. The van der Waals surface area contributed by atoms with E-state index in [9.17, 15) is 9.59 Å². The minimum absolute atomic E-state index is 0.0567. The van der Waals surface area contributed by atoms with E-state index in [1.54, 1.807) is 11.7 Å². The molecule has 186 valence electrons. The molecule has 1 aliphatic heterocycles. The van der Waals surface area contributed by atoms with Gasteiger partial charge in [0.05, 0.1) is 30.6 Å². The van der Waals surface area contributed by atoms with Crippen LogP contribution in [0.15, 0.2) is 69.9 Å². The number of carbonyl (C=O) groups is 1. The number of para-hydroxylation sites is 2. The van der Waals surface area contributed by atoms with Gasteiger partial charge < -0.3 is 14.5 Å². The lowest BCUT2D eigenvalue weighted by Crippen LogP contribution is -2.49. The smallest absolute Gasteiger partial charge is 0.272 e. The lowest BCUT2D eigenvalue weighted by molar-refractivity contribution is -0.128. The number of benzene rings is 2. The summed E-state index contributed by atoms with van der Waals surface area (Å²) >= 11 is 2.74. The average molecular weight is 521 g/mol. The Balaban J connectivity index is 1.28. The summed E-state index contributed by atoms with van der Waals surface area (Å²) in [6.45, 7) is 5.24. The first kappa shape index (κ1) is 24.4. The van der Waals surface area contributed by atoms with Crippen molar-refractivity contribution in [3.63, 3.8) is 0 Å². The Morgan fingerprint density at radius 3 is 2.56 bits per heavy atom. The number of hydrogen-bond donors (Lipinski definition) is 0. The predicted octanol–water partition coefficient (Wildman–Crippen LogP) is 4.26. The number of rotatable bonds is 7. The molecule has 2 aromatic carbocycles. The highest BCUT2D eigenvalue weighted by Gasteiger charge is 2.24. The molecule has 0 radical (unpaired) electrons. The zero-order valence-corrected chi connectivity index (χ0v) is 22.0. The van der Waals surface area contributed by atoms with Crippen molar-refractivity contribution in [3.8, 4) is 5.75 Å². The molecule has 2 aromatic heterocycles. The molecule has 3 heterocycles. The first-order valence-electron chi connectivity index (χ1n) is 11.9. The van der Waals surface area contributed by atoms with Crippen LogP contribution in [0, 0.1) is 6.92 Å². The van der Waals surface area contributed by atoms with E-state index in [1.165, 1.54) is 28.7 Å². The van der Waals surface area contributed by atoms with Gasteiger partial charge in [-0.3, -0.25) is 14.2 Å². The first-order chi connectivity index (χ1) is 17.5. The Bertz CT molecular complexity index is 1420. The number of thioether (sulfide) groups is 1. The lowest BCUT2D eigenvalue weighted by Gasteiger charge is -2.36. The van der Waals surface area contributed by atoms with E-state index in [-0.39, 0.29) is 17.2 Å². The zero-order valence-electron chi connectivity index (χ0n) is 20.3. The van der Waals surface area contributed by atoms with Crippen LogP contribution < -0.4 is 15.2 Å². The molecule has 36 heavy (non-hydrogen) atoms. The van der Waals surface area contributed by atoms with E-state index in [1.807, 2.05) is 71.8 Å². The minimum Gasteiger partial charge on any atom is -0.495 e. The van der Waals surface area contributed by atoms with Gasteiger partial charge in [0.15, 0.2) is 5.16 Å². The van der Waals surface area contributed by atoms with Crippen LogP contribution in [0.5, 0.6) is 5.75 Å². The van der Waals surface area contributed by atoms with Crippen molar-refractivity contribution >= 4 is 44.9 Å². The number of carbonyl (C=O) groups excluding carboxylic acids is 1. The van der Waals surface area contributed by atoms with Gasteiger partial charge in [0.1, 0.15) is 10.4 Å². The van der Waals surface area contributed by atoms with E-state index >= 15 is 0 Å². The highest BCUT2D eigenvalue weighted by atomic mass is 32.2. The van der Waals surface area contributed by atoms with Gasteiger partial charge in [0.25, 0.3) is 5.56 Å². The monoisotopic (exact) mass is 520 g/mol. The van der Waals surface area contributed by atoms with Gasteiger partial charge in [-0.2, -0.15) is 0 Å². The number of amides is 1. The summed E-state index contributed by atoms with van der Waals surface area (Å²) in [6.07, 6.45) is 0. The number of ether oxygens (including phenoxy) is 1. The second-order valence-corrected chi connectivity index (χ2v) is 10.6. The number of nitrogens with zero attached hydrogens (tertiary/aromatic N) is 4. The number of aryl methyl sites for hydroxylation is 1. The van der Waals surface area contributed by atoms with Crippen molar-refractivity contribution in [3.05, 3.63) is 81.5 Å². The Kier molecular flexibility index (Phi) is 7.29. The maximum atomic E-state index is 13.3.